The average molecular weight is 331 g/mol. The van der Waals surface area contributed by atoms with Crippen molar-refractivity contribution < 1.29 is 23.1 Å². The van der Waals surface area contributed by atoms with Crippen molar-refractivity contribution in [3.8, 4) is 0 Å². The number of carboxylic acid groups (broad SMARTS) is 1. The molecule has 1 unspecified atom stereocenters. The van der Waals surface area contributed by atoms with Crippen molar-refractivity contribution in [2.45, 2.75) is 43.7 Å². The Morgan fingerprint density at radius 3 is 2.91 bits per heavy atom. The van der Waals surface area contributed by atoms with Gasteiger partial charge in [0.1, 0.15) is 10.9 Å². The van der Waals surface area contributed by atoms with Crippen LogP contribution in [0.3, 0.4) is 0 Å². The van der Waals surface area contributed by atoms with Crippen molar-refractivity contribution >= 4 is 16.0 Å². The Morgan fingerprint density at radius 1 is 1.64 bits per heavy atom. The number of hydrogen-bond donors (Lipinski definition) is 2. The molecule has 1 aromatic heterocycles. The highest BCUT2D eigenvalue weighted by Gasteiger charge is 2.30. The Bertz CT molecular complexity index is 621. The molecule has 124 valence electrons. The van der Waals surface area contributed by atoms with E-state index in [1.807, 2.05) is 6.92 Å². The van der Waals surface area contributed by atoms with E-state index in [4.69, 9.17) is 4.74 Å². The maximum atomic E-state index is 12.3. The number of nitrogens with one attached hydrogen (secondary N) is 1. The Hall–Kier alpha value is -1.45. The number of nitrogens with zero attached hydrogens (tertiary/aromatic N) is 2. The summed E-state index contributed by atoms with van der Waals surface area (Å²) >= 11 is 0. The fraction of sp³-hybridized carbons (Fsp3) is 0.692. The maximum Gasteiger partial charge on any atom is 0.322 e. The number of carbonyl (C=O) groups is 1. The van der Waals surface area contributed by atoms with E-state index in [1.165, 1.54) is 12.4 Å². The first-order valence-corrected chi connectivity index (χ1v) is 8.70. The lowest BCUT2D eigenvalue weighted by Crippen LogP contribution is -2.44. The van der Waals surface area contributed by atoms with Gasteiger partial charge in [-0.3, -0.25) is 9.48 Å². The quantitative estimate of drug-likeness (QED) is 0.758. The monoisotopic (exact) mass is 331 g/mol. The minimum atomic E-state index is -3.92. The lowest BCUT2D eigenvalue weighted by Gasteiger charge is -2.19. The molecule has 3 atom stereocenters. The van der Waals surface area contributed by atoms with Crippen molar-refractivity contribution in [1.82, 2.24) is 14.5 Å². The fourth-order valence-electron chi connectivity index (χ4n) is 2.27. The number of rotatable bonds is 7. The number of aliphatic carboxylic acids is 1. The summed E-state index contributed by atoms with van der Waals surface area (Å²) in [5, 5.41) is 13.3. The zero-order chi connectivity index (χ0) is 16.3. The van der Waals surface area contributed by atoms with Crippen molar-refractivity contribution in [2.24, 2.45) is 5.92 Å². The molecule has 9 heteroatoms. The van der Waals surface area contributed by atoms with Gasteiger partial charge in [0.25, 0.3) is 0 Å². The second-order valence-electron chi connectivity index (χ2n) is 5.50. The van der Waals surface area contributed by atoms with Crippen LogP contribution in [0.15, 0.2) is 17.3 Å². The second kappa shape index (κ2) is 6.76. The smallest absolute Gasteiger partial charge is 0.322 e. The zero-order valence-electron chi connectivity index (χ0n) is 12.6. The van der Waals surface area contributed by atoms with E-state index in [9.17, 15) is 18.3 Å². The third kappa shape index (κ3) is 3.65. The van der Waals surface area contributed by atoms with E-state index in [-0.39, 0.29) is 16.9 Å². The van der Waals surface area contributed by atoms with Crippen molar-refractivity contribution in [1.29, 1.82) is 0 Å². The summed E-state index contributed by atoms with van der Waals surface area (Å²) < 4.78 is 33.7. The summed E-state index contributed by atoms with van der Waals surface area (Å²) in [7, 11) is -3.92. The van der Waals surface area contributed by atoms with Crippen LogP contribution < -0.4 is 4.72 Å². The molecule has 2 heterocycles. The van der Waals surface area contributed by atoms with Crippen molar-refractivity contribution in [3.63, 3.8) is 0 Å². The molecule has 0 amide bonds. The van der Waals surface area contributed by atoms with Crippen LogP contribution in [0.25, 0.3) is 0 Å². The van der Waals surface area contributed by atoms with Crippen LogP contribution >= 0.6 is 0 Å². The summed E-state index contributed by atoms with van der Waals surface area (Å²) in [5.74, 6) is -1.50. The summed E-state index contributed by atoms with van der Waals surface area (Å²) in [5.41, 5.74) is 0. The highest BCUT2D eigenvalue weighted by atomic mass is 32.2. The van der Waals surface area contributed by atoms with Gasteiger partial charge in [-0.05, 0) is 12.3 Å². The van der Waals surface area contributed by atoms with Gasteiger partial charge in [0.2, 0.25) is 10.0 Å². The Labute approximate surface area is 129 Å². The third-order valence-electron chi connectivity index (χ3n) is 3.93. The standard InChI is InChI=1S/C13H21N3O5S/c1-3-9(2)12(13(17)18)15-22(19,20)11-6-14-16(7-11)10-4-5-21-8-10/h6-7,9-10,12,15H,3-5,8H2,1-2H3,(H,17,18)/t9-,10?,12-/m0/s1. The SMILES string of the molecule is CC[C@H](C)[C@H](NS(=O)(=O)c1cnn(C2CCOC2)c1)C(=O)O. The fourth-order valence-corrected chi connectivity index (χ4v) is 3.51. The molecule has 8 nitrogen and oxygen atoms in total. The van der Waals surface area contributed by atoms with E-state index in [1.54, 1.807) is 11.6 Å². The molecule has 1 fully saturated rings. The van der Waals surface area contributed by atoms with Crippen LogP contribution in [-0.4, -0.2) is 48.5 Å². The predicted octanol–water partition coefficient (Wildman–Crippen LogP) is 0.622. The first-order chi connectivity index (χ1) is 10.3. The minimum Gasteiger partial charge on any atom is -0.480 e. The van der Waals surface area contributed by atoms with E-state index < -0.39 is 22.0 Å². The van der Waals surface area contributed by atoms with Gasteiger partial charge >= 0.3 is 5.97 Å². The molecule has 2 N–H and O–H groups in total. The number of ether oxygens (including phenoxy) is 1. The molecule has 0 aromatic carbocycles. The van der Waals surface area contributed by atoms with Crippen LogP contribution in [0.5, 0.6) is 0 Å². The Kier molecular flexibility index (Phi) is 5.20. The van der Waals surface area contributed by atoms with Gasteiger partial charge < -0.3 is 9.84 Å². The molecule has 1 aliphatic heterocycles. The van der Waals surface area contributed by atoms with Crippen molar-refractivity contribution in [3.05, 3.63) is 12.4 Å². The second-order valence-corrected chi connectivity index (χ2v) is 7.21. The molecule has 1 aromatic rings. The average Bonchev–Trinajstić information content (AvgIpc) is 3.13. The summed E-state index contributed by atoms with van der Waals surface area (Å²) in [4.78, 5) is 11.2. The van der Waals surface area contributed by atoms with Gasteiger partial charge in [0.15, 0.2) is 0 Å². The van der Waals surface area contributed by atoms with Crippen LogP contribution in [0, 0.1) is 5.92 Å². The van der Waals surface area contributed by atoms with Gasteiger partial charge in [-0.15, -0.1) is 0 Å². The lowest BCUT2D eigenvalue weighted by atomic mass is 10.0. The minimum absolute atomic E-state index is 0.0220. The van der Waals surface area contributed by atoms with Gasteiger partial charge in [-0.25, -0.2) is 8.42 Å². The highest BCUT2D eigenvalue weighted by Crippen LogP contribution is 2.20. The Balaban J connectivity index is 2.17. The molecule has 1 saturated heterocycles. The molecular weight excluding hydrogens is 310 g/mol. The van der Waals surface area contributed by atoms with Gasteiger partial charge in [-0.1, -0.05) is 20.3 Å². The number of aromatic nitrogens is 2. The van der Waals surface area contributed by atoms with Crippen LogP contribution in [0.1, 0.15) is 32.7 Å². The normalized spacial score (nSPS) is 21.6. The molecular formula is C13H21N3O5S. The summed E-state index contributed by atoms with van der Waals surface area (Å²) in [6.45, 7) is 4.63. The van der Waals surface area contributed by atoms with Crippen LogP contribution in [-0.2, 0) is 19.6 Å². The molecule has 0 radical (unpaired) electrons. The first-order valence-electron chi connectivity index (χ1n) is 7.22. The molecule has 2 rings (SSSR count). The highest BCUT2D eigenvalue weighted by molar-refractivity contribution is 7.89. The number of sulfonamides is 1. The molecule has 0 saturated carbocycles. The molecule has 0 aliphatic carbocycles. The zero-order valence-corrected chi connectivity index (χ0v) is 13.4. The van der Waals surface area contributed by atoms with Gasteiger partial charge in [0.05, 0.1) is 18.8 Å². The summed E-state index contributed by atoms with van der Waals surface area (Å²) in [6.07, 6.45) is 3.98. The van der Waals surface area contributed by atoms with Gasteiger partial charge in [0, 0.05) is 12.8 Å². The van der Waals surface area contributed by atoms with Crippen LogP contribution in [0.4, 0.5) is 0 Å². The lowest BCUT2D eigenvalue weighted by molar-refractivity contribution is -0.140. The maximum absolute atomic E-state index is 12.3. The molecule has 0 bridgehead atoms. The predicted molar refractivity (Wildman–Crippen MR) is 77.9 cm³/mol. The molecule has 0 spiro atoms. The van der Waals surface area contributed by atoms with E-state index in [0.717, 1.165) is 6.42 Å². The van der Waals surface area contributed by atoms with E-state index in [2.05, 4.69) is 9.82 Å². The van der Waals surface area contributed by atoms with E-state index >= 15 is 0 Å². The first kappa shape index (κ1) is 16.9. The largest absolute Gasteiger partial charge is 0.480 e. The van der Waals surface area contributed by atoms with E-state index in [0.29, 0.717) is 19.6 Å². The van der Waals surface area contributed by atoms with Crippen LogP contribution in [0.2, 0.25) is 0 Å². The third-order valence-corrected chi connectivity index (χ3v) is 5.32. The van der Waals surface area contributed by atoms with Gasteiger partial charge in [-0.2, -0.15) is 9.82 Å². The number of carboxylic acids is 1. The van der Waals surface area contributed by atoms with Crippen molar-refractivity contribution in [2.75, 3.05) is 13.2 Å². The Morgan fingerprint density at radius 2 is 2.36 bits per heavy atom. The topological polar surface area (TPSA) is 111 Å². The summed E-state index contributed by atoms with van der Waals surface area (Å²) in [6, 6.07) is -1.14. The number of hydrogen-bond acceptors (Lipinski definition) is 5. The molecule has 22 heavy (non-hydrogen) atoms. The molecule has 1 aliphatic rings.